The van der Waals surface area contributed by atoms with Crippen LogP contribution in [0.2, 0.25) is 0 Å². The van der Waals surface area contributed by atoms with E-state index in [1.54, 1.807) is 0 Å². The van der Waals surface area contributed by atoms with Crippen molar-refractivity contribution in [3.8, 4) is 6.07 Å². The summed E-state index contributed by atoms with van der Waals surface area (Å²) in [6.45, 7) is 8.24. The molecule has 0 bridgehead atoms. The van der Waals surface area contributed by atoms with Crippen LogP contribution >= 0.6 is 0 Å². The first kappa shape index (κ1) is 17.7. The molecule has 1 rings (SSSR count). The van der Waals surface area contributed by atoms with Crippen LogP contribution in [0.4, 0.5) is 0 Å². The van der Waals surface area contributed by atoms with Crippen molar-refractivity contribution in [2.24, 2.45) is 0 Å². The average Bonchev–Trinajstić information content (AvgIpc) is 2.51. The molecule has 1 N–H and O–H groups in total. The lowest BCUT2D eigenvalue weighted by atomic mass is 9.94. The van der Waals surface area contributed by atoms with Gasteiger partial charge in [0.2, 0.25) is 0 Å². The normalized spacial score (nSPS) is 15.4. The van der Waals surface area contributed by atoms with Crippen molar-refractivity contribution in [3.63, 3.8) is 0 Å². The maximum Gasteiger partial charge on any atom is 0.105 e. The summed E-state index contributed by atoms with van der Waals surface area (Å²) in [5.41, 5.74) is 0.930. The van der Waals surface area contributed by atoms with E-state index in [2.05, 4.69) is 61.4 Å². The van der Waals surface area contributed by atoms with E-state index in [9.17, 15) is 5.26 Å². The Labute approximate surface area is 130 Å². The fourth-order valence-electron chi connectivity index (χ4n) is 2.48. The van der Waals surface area contributed by atoms with Gasteiger partial charge in [-0.3, -0.25) is 5.32 Å². The molecular weight excluding hydrogens is 258 g/mol. The molecule has 3 nitrogen and oxygen atoms in total. The van der Waals surface area contributed by atoms with E-state index < -0.39 is 5.54 Å². The quantitative estimate of drug-likeness (QED) is 0.758. The van der Waals surface area contributed by atoms with Crippen molar-refractivity contribution in [1.29, 1.82) is 5.26 Å². The number of benzene rings is 1. The zero-order valence-electron chi connectivity index (χ0n) is 13.9. The lowest BCUT2D eigenvalue weighted by Gasteiger charge is -2.32. The average molecular weight is 287 g/mol. The van der Waals surface area contributed by atoms with Gasteiger partial charge in [-0.25, -0.2) is 0 Å². The van der Waals surface area contributed by atoms with Gasteiger partial charge in [-0.05, 0) is 52.3 Å². The highest BCUT2D eigenvalue weighted by atomic mass is 15.1. The van der Waals surface area contributed by atoms with Crippen molar-refractivity contribution in [3.05, 3.63) is 35.9 Å². The van der Waals surface area contributed by atoms with Crippen molar-refractivity contribution < 1.29 is 0 Å². The molecular formula is C18H29N3. The van der Waals surface area contributed by atoms with Crippen molar-refractivity contribution in [1.82, 2.24) is 10.2 Å². The predicted molar refractivity (Wildman–Crippen MR) is 89.2 cm³/mol. The summed E-state index contributed by atoms with van der Waals surface area (Å²) in [6, 6.07) is 13.4. The highest BCUT2D eigenvalue weighted by Gasteiger charge is 2.26. The van der Waals surface area contributed by atoms with Crippen molar-refractivity contribution >= 4 is 0 Å². The van der Waals surface area contributed by atoms with Gasteiger partial charge in [0.15, 0.2) is 0 Å². The molecule has 2 atom stereocenters. The van der Waals surface area contributed by atoms with E-state index in [1.807, 2.05) is 13.0 Å². The van der Waals surface area contributed by atoms with Crippen LogP contribution in [0.5, 0.6) is 0 Å². The van der Waals surface area contributed by atoms with Gasteiger partial charge in [-0.1, -0.05) is 37.3 Å². The topological polar surface area (TPSA) is 39.1 Å². The second-order valence-electron chi connectivity index (χ2n) is 6.14. The number of nitriles is 1. The third-order valence-corrected chi connectivity index (χ3v) is 4.06. The standard InChI is InChI=1S/C18H29N3/c1-5-12-20-18(3,15-19)14-16(2)21(4)13-11-17-9-7-6-8-10-17/h6-10,16,20H,5,11-14H2,1-4H3. The van der Waals surface area contributed by atoms with E-state index in [0.717, 1.165) is 32.4 Å². The minimum atomic E-state index is -0.434. The highest BCUT2D eigenvalue weighted by Crippen LogP contribution is 2.15. The number of nitrogens with one attached hydrogen (secondary N) is 1. The number of nitrogens with zero attached hydrogens (tertiary/aromatic N) is 2. The minimum Gasteiger partial charge on any atom is -0.303 e. The Morgan fingerprint density at radius 1 is 1.33 bits per heavy atom. The number of rotatable bonds is 9. The Balaban J connectivity index is 2.46. The summed E-state index contributed by atoms with van der Waals surface area (Å²) < 4.78 is 0. The Hall–Kier alpha value is -1.37. The summed E-state index contributed by atoms with van der Waals surface area (Å²) in [5.74, 6) is 0. The van der Waals surface area contributed by atoms with Crippen LogP contribution in [0.1, 0.15) is 39.2 Å². The molecule has 0 aromatic heterocycles. The number of hydrogen-bond acceptors (Lipinski definition) is 3. The van der Waals surface area contributed by atoms with Gasteiger partial charge >= 0.3 is 0 Å². The molecule has 3 heteroatoms. The largest absolute Gasteiger partial charge is 0.303 e. The SMILES string of the molecule is CCCNC(C)(C#N)CC(C)N(C)CCc1ccccc1. The summed E-state index contributed by atoms with van der Waals surface area (Å²) in [4.78, 5) is 2.34. The van der Waals surface area contributed by atoms with Gasteiger partial charge in [0.25, 0.3) is 0 Å². The summed E-state index contributed by atoms with van der Waals surface area (Å²) in [6.07, 6.45) is 2.94. The Morgan fingerprint density at radius 3 is 2.57 bits per heavy atom. The van der Waals surface area contributed by atoms with Gasteiger partial charge < -0.3 is 4.90 Å². The first-order valence-electron chi connectivity index (χ1n) is 7.91. The van der Waals surface area contributed by atoms with Gasteiger partial charge in [0, 0.05) is 12.6 Å². The molecule has 0 amide bonds. The number of likely N-dealkylation sites (N-methyl/N-ethyl adjacent to an activating group) is 1. The van der Waals surface area contributed by atoms with Crippen LogP contribution in [0.25, 0.3) is 0 Å². The van der Waals surface area contributed by atoms with Crippen LogP contribution in [0.3, 0.4) is 0 Å². The Bertz CT molecular complexity index is 438. The molecule has 0 aliphatic heterocycles. The molecule has 1 aromatic carbocycles. The van der Waals surface area contributed by atoms with Crippen molar-refractivity contribution in [2.75, 3.05) is 20.1 Å². The fraction of sp³-hybridized carbons (Fsp3) is 0.611. The zero-order chi connectivity index (χ0) is 15.7. The first-order valence-corrected chi connectivity index (χ1v) is 7.91. The van der Waals surface area contributed by atoms with E-state index in [-0.39, 0.29) is 0 Å². The van der Waals surface area contributed by atoms with Crippen molar-refractivity contribution in [2.45, 2.75) is 51.6 Å². The van der Waals surface area contributed by atoms with Gasteiger partial charge in [-0.15, -0.1) is 0 Å². The lowest BCUT2D eigenvalue weighted by molar-refractivity contribution is 0.215. The molecule has 0 spiro atoms. The molecule has 0 radical (unpaired) electrons. The molecule has 0 heterocycles. The molecule has 0 fully saturated rings. The molecule has 116 valence electrons. The fourth-order valence-corrected chi connectivity index (χ4v) is 2.48. The van der Waals surface area contributed by atoms with Crippen LogP contribution in [0.15, 0.2) is 30.3 Å². The summed E-state index contributed by atoms with van der Waals surface area (Å²) in [7, 11) is 2.14. The summed E-state index contributed by atoms with van der Waals surface area (Å²) >= 11 is 0. The Kier molecular flexibility index (Phi) is 7.42. The third kappa shape index (κ3) is 6.29. The van der Waals surface area contributed by atoms with Crippen LogP contribution in [-0.4, -0.2) is 36.6 Å². The second-order valence-corrected chi connectivity index (χ2v) is 6.14. The first-order chi connectivity index (χ1) is 10.0. The van der Waals surface area contributed by atoms with E-state index in [0.29, 0.717) is 6.04 Å². The molecule has 0 saturated heterocycles. The lowest BCUT2D eigenvalue weighted by Crippen LogP contribution is -2.47. The zero-order valence-corrected chi connectivity index (χ0v) is 13.9. The van der Waals surface area contributed by atoms with Gasteiger partial charge in [0.05, 0.1) is 6.07 Å². The van der Waals surface area contributed by atoms with E-state index in [1.165, 1.54) is 5.56 Å². The van der Waals surface area contributed by atoms with Crippen LogP contribution < -0.4 is 5.32 Å². The molecule has 2 unspecified atom stereocenters. The highest BCUT2D eigenvalue weighted by molar-refractivity contribution is 5.15. The number of hydrogen-bond donors (Lipinski definition) is 1. The van der Waals surface area contributed by atoms with Crippen LogP contribution in [0, 0.1) is 11.3 Å². The predicted octanol–water partition coefficient (Wildman–Crippen LogP) is 3.22. The third-order valence-electron chi connectivity index (χ3n) is 4.06. The summed E-state index contributed by atoms with van der Waals surface area (Å²) in [5, 5.41) is 12.8. The minimum absolute atomic E-state index is 0.378. The van der Waals surface area contributed by atoms with Gasteiger partial charge in [0.1, 0.15) is 5.54 Å². The van der Waals surface area contributed by atoms with E-state index in [4.69, 9.17) is 0 Å². The molecule has 0 saturated carbocycles. The maximum atomic E-state index is 9.42. The molecule has 1 aromatic rings. The second kappa shape index (κ2) is 8.81. The molecule has 0 aliphatic rings. The smallest absolute Gasteiger partial charge is 0.105 e. The molecule has 0 aliphatic carbocycles. The van der Waals surface area contributed by atoms with E-state index >= 15 is 0 Å². The monoisotopic (exact) mass is 287 g/mol. The van der Waals surface area contributed by atoms with Gasteiger partial charge in [-0.2, -0.15) is 5.26 Å². The van der Waals surface area contributed by atoms with Crippen LogP contribution in [-0.2, 0) is 6.42 Å². The Morgan fingerprint density at radius 2 is 2.00 bits per heavy atom. The maximum absolute atomic E-state index is 9.42. The molecule has 21 heavy (non-hydrogen) atoms.